The minimum Gasteiger partial charge on any atom is -0.361 e. The Morgan fingerprint density at radius 3 is 1.35 bits per heavy atom. The molecule has 8 nitrogen and oxygen atoms in total. The van der Waals surface area contributed by atoms with E-state index in [9.17, 15) is 9.59 Å². The van der Waals surface area contributed by atoms with Crippen LogP contribution < -0.4 is 22.1 Å². The molecule has 46 heavy (non-hydrogen) atoms. The molecule has 6 rings (SSSR count). The average Bonchev–Trinajstić information content (AvgIpc) is 3.69. The lowest BCUT2D eigenvalue weighted by Gasteiger charge is -2.33. The summed E-state index contributed by atoms with van der Waals surface area (Å²) in [6.45, 7) is 0.636. The Morgan fingerprint density at radius 2 is 0.935 bits per heavy atom. The first-order chi connectivity index (χ1) is 22.3. The standard InChI is InChI=1S/C36H36N6O2S2/c37-35(33(43)41-21-25-11-3-1-4-12-25,19-27-23-39-31-17-9-7-15-29(27)31)45-46-36(38,34(44)42-22-26-13-5-2-6-14-26)20-28-24-40-32-18-10-8-16-30(28)32/h1-18,23-24,39-40H,19-22,37-38H2,(H,41,43)(H,42,44). The van der Waals surface area contributed by atoms with Crippen LogP contribution in [0.1, 0.15) is 22.3 Å². The van der Waals surface area contributed by atoms with Gasteiger partial charge in [0.1, 0.15) is 0 Å². The van der Waals surface area contributed by atoms with E-state index in [0.717, 1.165) is 65.6 Å². The van der Waals surface area contributed by atoms with Crippen LogP contribution >= 0.6 is 21.6 Å². The summed E-state index contributed by atoms with van der Waals surface area (Å²) in [6, 6.07) is 35.2. The smallest absolute Gasteiger partial charge is 0.251 e. The molecule has 234 valence electrons. The second-order valence-corrected chi connectivity index (χ2v) is 14.1. The Morgan fingerprint density at radius 1 is 0.565 bits per heavy atom. The van der Waals surface area contributed by atoms with Crippen molar-refractivity contribution in [1.29, 1.82) is 0 Å². The van der Waals surface area contributed by atoms with Crippen molar-refractivity contribution in [2.24, 2.45) is 11.5 Å². The maximum Gasteiger partial charge on any atom is 0.251 e. The number of para-hydroxylation sites is 2. The Hall–Kier alpha value is -4.48. The van der Waals surface area contributed by atoms with Crippen LogP contribution in [0.5, 0.6) is 0 Å². The molecule has 4 aromatic carbocycles. The van der Waals surface area contributed by atoms with Crippen LogP contribution in [0.3, 0.4) is 0 Å². The van der Waals surface area contributed by atoms with Gasteiger partial charge in [0, 0.05) is 60.1 Å². The maximum absolute atomic E-state index is 14.0. The zero-order valence-electron chi connectivity index (χ0n) is 25.2. The number of carbonyl (C=O) groups excluding carboxylic acids is 2. The number of rotatable bonds is 13. The first kappa shape index (κ1) is 31.5. The van der Waals surface area contributed by atoms with E-state index in [4.69, 9.17) is 11.5 Å². The molecule has 0 saturated heterocycles. The monoisotopic (exact) mass is 648 g/mol. The summed E-state index contributed by atoms with van der Waals surface area (Å²) in [7, 11) is 2.26. The van der Waals surface area contributed by atoms with Gasteiger partial charge in [0.2, 0.25) is 0 Å². The molecule has 0 aliphatic heterocycles. The number of H-pyrrole nitrogens is 2. The molecule has 8 N–H and O–H groups in total. The summed E-state index contributed by atoms with van der Waals surface area (Å²) < 4.78 is 0. The largest absolute Gasteiger partial charge is 0.361 e. The van der Waals surface area contributed by atoms with Crippen LogP contribution in [0.15, 0.2) is 122 Å². The molecule has 2 unspecified atom stereocenters. The highest BCUT2D eigenvalue weighted by molar-refractivity contribution is 8.78. The SMILES string of the molecule is NC(Cc1c[nH]c2ccccc12)(SSC(N)(Cc1c[nH]c2ccccc12)C(=O)NCc1ccccc1)C(=O)NCc1ccccc1. The molecule has 0 spiro atoms. The van der Waals surface area contributed by atoms with Crippen molar-refractivity contribution in [2.45, 2.75) is 35.7 Å². The molecule has 2 heterocycles. The quantitative estimate of drug-likeness (QED) is 0.0695. The first-order valence-corrected chi connectivity index (χ1v) is 17.2. The summed E-state index contributed by atoms with van der Waals surface area (Å²) >= 11 is 0. The molecule has 0 saturated carbocycles. The predicted octanol–water partition coefficient (Wildman–Crippen LogP) is 5.76. The summed E-state index contributed by atoms with van der Waals surface area (Å²) in [5, 5.41) is 8.02. The highest BCUT2D eigenvalue weighted by Gasteiger charge is 2.43. The Labute approximate surface area is 275 Å². The van der Waals surface area contributed by atoms with E-state index < -0.39 is 9.74 Å². The van der Waals surface area contributed by atoms with Gasteiger partial charge in [0.05, 0.1) is 0 Å². The van der Waals surface area contributed by atoms with E-state index in [1.54, 1.807) is 0 Å². The fraction of sp³-hybridized carbons (Fsp3) is 0.167. The molecule has 0 bridgehead atoms. The summed E-state index contributed by atoms with van der Waals surface area (Å²) in [5.74, 6) is -0.698. The second-order valence-electron chi connectivity index (χ2n) is 11.4. The third-order valence-electron chi connectivity index (χ3n) is 7.96. The predicted molar refractivity (Wildman–Crippen MR) is 190 cm³/mol. The first-order valence-electron chi connectivity index (χ1n) is 15.0. The summed E-state index contributed by atoms with van der Waals surface area (Å²) in [5.41, 5.74) is 19.7. The zero-order valence-corrected chi connectivity index (χ0v) is 26.8. The van der Waals surface area contributed by atoms with Crippen LogP contribution in [-0.4, -0.2) is 31.5 Å². The Kier molecular flexibility index (Phi) is 9.51. The van der Waals surface area contributed by atoms with Gasteiger partial charge in [-0.25, -0.2) is 0 Å². The average molecular weight is 649 g/mol. The lowest BCUT2D eigenvalue weighted by molar-refractivity contribution is -0.124. The van der Waals surface area contributed by atoms with Crippen molar-refractivity contribution >= 4 is 55.2 Å². The van der Waals surface area contributed by atoms with E-state index in [1.165, 1.54) is 0 Å². The molecule has 6 aromatic rings. The molecule has 2 amide bonds. The van der Waals surface area contributed by atoms with Crippen molar-refractivity contribution in [1.82, 2.24) is 20.6 Å². The molecular weight excluding hydrogens is 613 g/mol. The molecule has 0 aliphatic rings. The number of fused-ring (bicyclic) bond motifs is 2. The van der Waals surface area contributed by atoms with E-state index >= 15 is 0 Å². The fourth-order valence-electron chi connectivity index (χ4n) is 5.42. The van der Waals surface area contributed by atoms with Gasteiger partial charge in [0.25, 0.3) is 11.8 Å². The molecule has 2 atom stereocenters. The molecule has 10 heteroatoms. The number of amides is 2. The van der Waals surface area contributed by atoms with Crippen LogP contribution in [0.4, 0.5) is 0 Å². The van der Waals surface area contributed by atoms with Gasteiger partial charge in [-0.3, -0.25) is 9.59 Å². The number of benzene rings is 4. The highest BCUT2D eigenvalue weighted by atomic mass is 33.1. The van der Waals surface area contributed by atoms with Crippen LogP contribution in [0.25, 0.3) is 21.8 Å². The molecule has 2 aromatic heterocycles. The van der Waals surface area contributed by atoms with E-state index in [2.05, 4.69) is 20.6 Å². The zero-order chi connectivity index (χ0) is 32.0. The second kappa shape index (κ2) is 13.9. The van der Waals surface area contributed by atoms with Gasteiger partial charge in [-0.1, -0.05) is 119 Å². The van der Waals surface area contributed by atoms with Crippen molar-refractivity contribution in [2.75, 3.05) is 0 Å². The van der Waals surface area contributed by atoms with Crippen molar-refractivity contribution in [3.05, 3.63) is 144 Å². The van der Waals surface area contributed by atoms with Gasteiger partial charge in [-0.2, -0.15) is 0 Å². The van der Waals surface area contributed by atoms with Crippen molar-refractivity contribution < 1.29 is 9.59 Å². The van der Waals surface area contributed by atoms with E-state index in [0.29, 0.717) is 13.1 Å². The fourth-order valence-corrected chi connectivity index (χ4v) is 8.14. The lowest BCUT2D eigenvalue weighted by atomic mass is 10.0. The van der Waals surface area contributed by atoms with Gasteiger partial charge in [0.15, 0.2) is 9.74 Å². The third kappa shape index (κ3) is 7.16. The normalized spacial score (nSPS) is 14.0. The number of nitrogens with one attached hydrogen (secondary N) is 4. The summed E-state index contributed by atoms with van der Waals surface area (Å²) in [4.78, 5) is 31.6. The number of carbonyl (C=O) groups is 2. The van der Waals surface area contributed by atoms with Gasteiger partial charge >= 0.3 is 0 Å². The number of hydrogen-bond donors (Lipinski definition) is 6. The van der Waals surface area contributed by atoms with E-state index in [1.807, 2.05) is 122 Å². The minimum absolute atomic E-state index is 0.212. The Bertz CT molecular complexity index is 1800. The summed E-state index contributed by atoms with van der Waals surface area (Å²) in [6.07, 6.45) is 4.20. The third-order valence-corrected chi connectivity index (χ3v) is 11.3. The number of aromatic nitrogens is 2. The highest BCUT2D eigenvalue weighted by Crippen LogP contribution is 2.44. The van der Waals surface area contributed by atoms with Crippen molar-refractivity contribution in [3.8, 4) is 0 Å². The Balaban J connectivity index is 1.29. The molecular formula is C36H36N6O2S2. The van der Waals surface area contributed by atoms with Gasteiger partial charge in [-0.05, 0) is 34.4 Å². The van der Waals surface area contributed by atoms with Crippen LogP contribution in [0, 0.1) is 0 Å². The molecule has 0 aliphatic carbocycles. The number of aromatic amines is 2. The van der Waals surface area contributed by atoms with Crippen LogP contribution in [0.2, 0.25) is 0 Å². The number of hydrogen-bond acceptors (Lipinski definition) is 6. The van der Waals surface area contributed by atoms with Gasteiger partial charge in [-0.15, -0.1) is 0 Å². The topological polar surface area (TPSA) is 142 Å². The van der Waals surface area contributed by atoms with E-state index in [-0.39, 0.29) is 24.7 Å². The molecule has 0 fully saturated rings. The number of nitrogens with two attached hydrogens (primary N) is 2. The minimum atomic E-state index is -1.46. The molecule has 0 radical (unpaired) electrons. The van der Waals surface area contributed by atoms with Crippen LogP contribution in [-0.2, 0) is 35.5 Å². The lowest BCUT2D eigenvalue weighted by Crippen LogP contribution is -2.55. The van der Waals surface area contributed by atoms with Crippen molar-refractivity contribution in [3.63, 3.8) is 0 Å². The van der Waals surface area contributed by atoms with Gasteiger partial charge < -0.3 is 32.1 Å². The maximum atomic E-state index is 14.0.